The molecule has 1 aliphatic carbocycles. The number of pyridine rings is 2. The lowest BCUT2D eigenvalue weighted by molar-refractivity contribution is -0.137. The lowest BCUT2D eigenvalue weighted by Gasteiger charge is -2.52. The van der Waals surface area contributed by atoms with Crippen LogP contribution in [0.4, 0.5) is 18.9 Å². The van der Waals surface area contributed by atoms with Gasteiger partial charge in [0.15, 0.2) is 0 Å². The molecule has 2 aromatic heterocycles. The molecule has 3 aromatic rings. The zero-order valence-corrected chi connectivity index (χ0v) is 21.2. The number of halogens is 3. The van der Waals surface area contributed by atoms with Gasteiger partial charge in [0.25, 0.3) is 5.56 Å². The highest BCUT2D eigenvalue weighted by Crippen LogP contribution is 2.48. The Bertz CT molecular complexity index is 1490. The Balaban J connectivity index is 1.39. The van der Waals surface area contributed by atoms with E-state index >= 15 is 0 Å². The van der Waals surface area contributed by atoms with Crippen molar-refractivity contribution in [1.82, 2.24) is 14.5 Å². The van der Waals surface area contributed by atoms with Gasteiger partial charge in [-0.05, 0) is 55.0 Å². The number of fused-ring (bicyclic) bond motifs is 5. The molecule has 3 aliphatic rings. The second-order valence-electron chi connectivity index (χ2n) is 10.5. The SMILES string of the molecule is CC[C@@H]1CN2c3c(c(=O)n(C)c4ccc(C#N)nc34)OC[C@@H]2CN1[C@H](c1ccc(C(F)(F)F)cc1)C1CC1. The molecule has 0 unspecified atom stereocenters. The molecule has 0 N–H and O–H groups in total. The first kappa shape index (κ1) is 24.7. The molecule has 4 heterocycles. The predicted octanol–water partition coefficient (Wildman–Crippen LogP) is 4.64. The zero-order chi connectivity index (χ0) is 26.8. The van der Waals surface area contributed by atoms with E-state index in [4.69, 9.17) is 4.74 Å². The number of nitrogens with zero attached hydrogens (tertiary/aromatic N) is 5. The van der Waals surface area contributed by atoms with Gasteiger partial charge in [-0.1, -0.05) is 19.1 Å². The number of alkyl halides is 3. The van der Waals surface area contributed by atoms with E-state index in [1.807, 2.05) is 0 Å². The fraction of sp³-hybridized carbons (Fsp3) is 0.464. The van der Waals surface area contributed by atoms with Crippen LogP contribution in [0, 0.1) is 17.2 Å². The molecule has 7 nitrogen and oxygen atoms in total. The van der Waals surface area contributed by atoms with E-state index in [1.165, 1.54) is 16.7 Å². The number of piperazine rings is 1. The van der Waals surface area contributed by atoms with Gasteiger partial charge in [0.05, 0.1) is 17.1 Å². The summed E-state index contributed by atoms with van der Waals surface area (Å²) in [6.07, 6.45) is -1.43. The van der Waals surface area contributed by atoms with E-state index in [-0.39, 0.29) is 35.1 Å². The molecule has 0 bridgehead atoms. The molecule has 0 amide bonds. The Morgan fingerprint density at radius 2 is 1.89 bits per heavy atom. The molecule has 0 spiro atoms. The summed E-state index contributed by atoms with van der Waals surface area (Å²) < 4.78 is 47.2. The molecular weight excluding hydrogens is 495 g/mol. The monoisotopic (exact) mass is 523 g/mol. The maximum atomic E-state index is 13.2. The molecule has 0 radical (unpaired) electrons. The third-order valence-electron chi connectivity index (χ3n) is 8.21. The van der Waals surface area contributed by atoms with E-state index in [0.29, 0.717) is 42.3 Å². The van der Waals surface area contributed by atoms with Crippen molar-refractivity contribution in [2.24, 2.45) is 13.0 Å². The average Bonchev–Trinajstić information content (AvgIpc) is 3.75. The molecular formula is C28H28F3N5O2. The molecule has 198 valence electrons. The largest absolute Gasteiger partial charge is 0.484 e. The summed E-state index contributed by atoms with van der Waals surface area (Å²) in [5.41, 5.74) is 2.12. The molecule has 1 saturated heterocycles. The van der Waals surface area contributed by atoms with Crippen molar-refractivity contribution < 1.29 is 17.9 Å². The van der Waals surface area contributed by atoms with Crippen LogP contribution in [-0.4, -0.2) is 46.2 Å². The number of rotatable bonds is 4. The minimum Gasteiger partial charge on any atom is -0.484 e. The molecule has 38 heavy (non-hydrogen) atoms. The minimum absolute atomic E-state index is 0.0227. The summed E-state index contributed by atoms with van der Waals surface area (Å²) in [6.45, 7) is 3.71. The zero-order valence-electron chi connectivity index (χ0n) is 21.2. The number of hydrogen-bond donors (Lipinski definition) is 0. The predicted molar refractivity (Wildman–Crippen MR) is 136 cm³/mol. The highest BCUT2D eigenvalue weighted by atomic mass is 19.4. The van der Waals surface area contributed by atoms with E-state index in [2.05, 4.69) is 27.8 Å². The smallest absolute Gasteiger partial charge is 0.416 e. The number of nitriles is 1. The van der Waals surface area contributed by atoms with Crippen LogP contribution in [-0.2, 0) is 13.2 Å². The number of hydrogen-bond acceptors (Lipinski definition) is 6. The number of benzene rings is 1. The van der Waals surface area contributed by atoms with Gasteiger partial charge in [0.2, 0.25) is 5.75 Å². The third-order valence-corrected chi connectivity index (χ3v) is 8.21. The van der Waals surface area contributed by atoms with Gasteiger partial charge in [-0.2, -0.15) is 18.4 Å². The van der Waals surface area contributed by atoms with Gasteiger partial charge in [0, 0.05) is 32.2 Å². The first-order valence-electron chi connectivity index (χ1n) is 13.0. The van der Waals surface area contributed by atoms with Crippen molar-refractivity contribution in [3.05, 3.63) is 63.6 Å². The van der Waals surface area contributed by atoms with Gasteiger partial charge in [-0.15, -0.1) is 0 Å². The van der Waals surface area contributed by atoms with Crippen LogP contribution in [0.25, 0.3) is 11.0 Å². The summed E-state index contributed by atoms with van der Waals surface area (Å²) in [5.74, 6) is 0.653. The molecule has 2 aliphatic heterocycles. The number of ether oxygens (including phenoxy) is 1. The number of aryl methyl sites for hydroxylation is 1. The molecule has 1 aromatic carbocycles. The first-order valence-corrected chi connectivity index (χ1v) is 13.0. The Hall–Kier alpha value is -3.58. The lowest BCUT2D eigenvalue weighted by Crippen LogP contribution is -2.62. The second kappa shape index (κ2) is 9.02. The van der Waals surface area contributed by atoms with E-state index < -0.39 is 11.7 Å². The van der Waals surface area contributed by atoms with Crippen molar-refractivity contribution in [2.75, 3.05) is 24.6 Å². The first-order chi connectivity index (χ1) is 18.2. The van der Waals surface area contributed by atoms with Gasteiger partial charge in [0.1, 0.15) is 29.6 Å². The van der Waals surface area contributed by atoms with E-state index in [1.54, 1.807) is 31.3 Å². The van der Waals surface area contributed by atoms with Crippen molar-refractivity contribution in [3.63, 3.8) is 0 Å². The highest BCUT2D eigenvalue weighted by Gasteiger charge is 2.46. The molecule has 1 saturated carbocycles. The van der Waals surface area contributed by atoms with Crippen LogP contribution in [0.2, 0.25) is 0 Å². The van der Waals surface area contributed by atoms with Crippen LogP contribution < -0.4 is 15.2 Å². The average molecular weight is 524 g/mol. The van der Waals surface area contributed by atoms with Crippen molar-refractivity contribution in [2.45, 2.75) is 50.5 Å². The Morgan fingerprint density at radius 1 is 1.16 bits per heavy atom. The summed E-state index contributed by atoms with van der Waals surface area (Å²) in [5, 5.41) is 9.47. The van der Waals surface area contributed by atoms with Crippen molar-refractivity contribution >= 4 is 16.7 Å². The van der Waals surface area contributed by atoms with Gasteiger partial charge < -0.3 is 14.2 Å². The Labute approximate surface area is 218 Å². The quantitative estimate of drug-likeness (QED) is 0.496. The van der Waals surface area contributed by atoms with Gasteiger partial charge in [-0.3, -0.25) is 9.69 Å². The molecule has 2 fully saturated rings. The van der Waals surface area contributed by atoms with Crippen LogP contribution in [0.5, 0.6) is 5.75 Å². The summed E-state index contributed by atoms with van der Waals surface area (Å²) in [7, 11) is 1.67. The maximum Gasteiger partial charge on any atom is 0.416 e. The second-order valence-corrected chi connectivity index (χ2v) is 10.5. The maximum absolute atomic E-state index is 13.2. The van der Waals surface area contributed by atoms with Crippen LogP contribution in [0.15, 0.2) is 41.2 Å². The normalized spacial score (nSPS) is 22.4. The standard InChI is InChI=1S/C28H28F3N5O2/c1-3-20-13-36-21(14-35(20)24(16-4-5-16)17-6-8-18(9-7-17)28(29,30)31)15-38-26-25(36)23-22(34(2)27(26)37)11-10-19(12-32)33-23/h6-11,16,20-21,24H,3-5,13-15H2,1-2H3/t20-,21+,24+/m1/s1. The van der Waals surface area contributed by atoms with Crippen LogP contribution in [0.3, 0.4) is 0 Å². The highest BCUT2D eigenvalue weighted by molar-refractivity contribution is 5.93. The Kier molecular flexibility index (Phi) is 5.87. The lowest BCUT2D eigenvalue weighted by atomic mass is 9.93. The Morgan fingerprint density at radius 3 is 2.53 bits per heavy atom. The topological polar surface area (TPSA) is 74.4 Å². The van der Waals surface area contributed by atoms with Crippen molar-refractivity contribution in [3.8, 4) is 11.8 Å². The fourth-order valence-corrected chi connectivity index (χ4v) is 6.11. The van der Waals surface area contributed by atoms with E-state index in [0.717, 1.165) is 24.8 Å². The number of anilines is 1. The molecule has 10 heteroatoms. The van der Waals surface area contributed by atoms with Crippen molar-refractivity contribution in [1.29, 1.82) is 5.26 Å². The van der Waals surface area contributed by atoms with Gasteiger partial charge >= 0.3 is 6.18 Å². The summed E-state index contributed by atoms with van der Waals surface area (Å²) in [4.78, 5) is 22.4. The molecule has 6 rings (SSSR count). The summed E-state index contributed by atoms with van der Waals surface area (Å²) in [6, 6.07) is 11.1. The van der Waals surface area contributed by atoms with Gasteiger partial charge in [-0.25, -0.2) is 4.98 Å². The third kappa shape index (κ3) is 4.00. The minimum atomic E-state index is -4.36. The summed E-state index contributed by atoms with van der Waals surface area (Å²) >= 11 is 0. The van der Waals surface area contributed by atoms with E-state index in [9.17, 15) is 23.2 Å². The van der Waals surface area contributed by atoms with Crippen LogP contribution >= 0.6 is 0 Å². The van der Waals surface area contributed by atoms with Crippen LogP contribution in [0.1, 0.15) is 49.0 Å². The fourth-order valence-electron chi connectivity index (χ4n) is 6.11. The molecule has 3 atom stereocenters. The number of aromatic nitrogens is 2.